The van der Waals surface area contributed by atoms with Gasteiger partial charge >= 0.3 is 10.2 Å². The molecule has 0 aromatic heterocycles. The molecule has 0 spiro atoms. The fourth-order valence-corrected chi connectivity index (χ4v) is 2.80. The Morgan fingerprint density at radius 2 is 2.05 bits per heavy atom. The largest absolute Gasteiger partial charge is 0.495 e. The Balaban J connectivity index is 2.73. The molecular formula is C14H25N3O3S. The molecule has 7 heteroatoms. The molecule has 6 nitrogen and oxygen atoms in total. The summed E-state index contributed by atoms with van der Waals surface area (Å²) in [6.07, 6.45) is 0.760. The van der Waals surface area contributed by atoms with E-state index in [4.69, 9.17) is 4.74 Å². The molecule has 0 amide bonds. The second kappa shape index (κ2) is 8.21. The van der Waals surface area contributed by atoms with Crippen LogP contribution < -0.4 is 14.8 Å². The number of hydrogen-bond donors (Lipinski definition) is 2. The van der Waals surface area contributed by atoms with Gasteiger partial charge in [0.05, 0.1) is 12.8 Å². The fourth-order valence-electron chi connectivity index (χ4n) is 1.84. The third kappa shape index (κ3) is 5.53. The molecule has 0 aliphatic rings. The zero-order valence-electron chi connectivity index (χ0n) is 13.1. The highest BCUT2D eigenvalue weighted by Crippen LogP contribution is 2.26. The van der Waals surface area contributed by atoms with E-state index in [0.717, 1.165) is 25.1 Å². The van der Waals surface area contributed by atoms with Crippen molar-refractivity contribution in [1.82, 2.24) is 9.62 Å². The summed E-state index contributed by atoms with van der Waals surface area (Å²) in [6, 6.07) is 5.37. The molecule has 0 aliphatic carbocycles. The van der Waals surface area contributed by atoms with E-state index >= 15 is 0 Å². The zero-order valence-corrected chi connectivity index (χ0v) is 14.0. The van der Waals surface area contributed by atoms with Gasteiger partial charge in [0.1, 0.15) is 5.75 Å². The Bertz CT molecular complexity index is 546. The fraction of sp³-hybridized carbons (Fsp3) is 0.571. The summed E-state index contributed by atoms with van der Waals surface area (Å²) in [5, 5.41) is 3.17. The Kier molecular flexibility index (Phi) is 6.94. The molecule has 0 radical (unpaired) electrons. The molecule has 120 valence electrons. The highest BCUT2D eigenvalue weighted by atomic mass is 32.2. The minimum absolute atomic E-state index is 0.455. The lowest BCUT2D eigenvalue weighted by atomic mass is 10.2. The van der Waals surface area contributed by atoms with Crippen molar-refractivity contribution in [3.8, 4) is 5.75 Å². The molecular weight excluding hydrogens is 290 g/mol. The molecule has 21 heavy (non-hydrogen) atoms. The lowest BCUT2D eigenvalue weighted by molar-refractivity contribution is 0.416. The van der Waals surface area contributed by atoms with Gasteiger partial charge in [0.15, 0.2) is 0 Å². The number of rotatable bonds is 9. The van der Waals surface area contributed by atoms with E-state index in [9.17, 15) is 8.42 Å². The van der Waals surface area contributed by atoms with Gasteiger partial charge < -0.3 is 10.1 Å². The summed E-state index contributed by atoms with van der Waals surface area (Å²) < 4.78 is 33.6. The van der Waals surface area contributed by atoms with Gasteiger partial charge in [0, 0.05) is 13.6 Å². The summed E-state index contributed by atoms with van der Waals surface area (Å²) in [5.41, 5.74) is 1.42. The monoisotopic (exact) mass is 315 g/mol. The van der Waals surface area contributed by atoms with Crippen molar-refractivity contribution in [2.24, 2.45) is 0 Å². The van der Waals surface area contributed by atoms with E-state index in [1.54, 1.807) is 19.2 Å². The Morgan fingerprint density at radius 3 is 2.67 bits per heavy atom. The topological polar surface area (TPSA) is 70.7 Å². The third-order valence-corrected chi connectivity index (χ3v) is 4.56. The molecule has 2 N–H and O–H groups in total. The van der Waals surface area contributed by atoms with Gasteiger partial charge in [0.2, 0.25) is 0 Å². The highest BCUT2D eigenvalue weighted by Gasteiger charge is 2.19. The third-order valence-electron chi connectivity index (χ3n) is 3.08. The second-order valence-electron chi connectivity index (χ2n) is 4.84. The van der Waals surface area contributed by atoms with Gasteiger partial charge in [-0.05, 0) is 44.1 Å². The minimum atomic E-state index is -3.57. The van der Waals surface area contributed by atoms with Crippen LogP contribution in [0.3, 0.4) is 0 Å². The molecule has 0 heterocycles. The maximum atomic E-state index is 12.3. The molecule has 0 bridgehead atoms. The van der Waals surface area contributed by atoms with Crippen molar-refractivity contribution >= 4 is 15.9 Å². The van der Waals surface area contributed by atoms with Gasteiger partial charge in [-0.2, -0.15) is 12.7 Å². The first-order valence-electron chi connectivity index (χ1n) is 7.00. The van der Waals surface area contributed by atoms with Crippen LogP contribution in [0.1, 0.15) is 18.9 Å². The summed E-state index contributed by atoms with van der Waals surface area (Å²) >= 11 is 0. The molecule has 0 atom stereocenters. The quantitative estimate of drug-likeness (QED) is 0.679. The predicted molar refractivity (Wildman–Crippen MR) is 86.1 cm³/mol. The molecule has 1 rings (SSSR count). The summed E-state index contributed by atoms with van der Waals surface area (Å²) in [7, 11) is -0.492. The molecule has 0 unspecified atom stereocenters. The number of nitrogens with zero attached hydrogens (tertiary/aromatic N) is 1. The summed E-state index contributed by atoms with van der Waals surface area (Å²) in [6.45, 7) is 6.05. The maximum Gasteiger partial charge on any atom is 0.301 e. The molecule has 0 saturated carbocycles. The van der Waals surface area contributed by atoms with Crippen LogP contribution in [-0.2, 0) is 10.2 Å². The number of ether oxygens (including phenoxy) is 1. The van der Waals surface area contributed by atoms with E-state index < -0.39 is 10.2 Å². The van der Waals surface area contributed by atoms with Crippen LogP contribution in [0, 0.1) is 6.92 Å². The van der Waals surface area contributed by atoms with Crippen molar-refractivity contribution in [1.29, 1.82) is 0 Å². The second-order valence-corrected chi connectivity index (χ2v) is 6.62. The zero-order chi connectivity index (χ0) is 15.9. The lowest BCUT2D eigenvalue weighted by Gasteiger charge is -2.19. The van der Waals surface area contributed by atoms with Crippen molar-refractivity contribution in [3.63, 3.8) is 0 Å². The standard InChI is InChI=1S/C14H25N3O3S/c1-5-15-9-6-10-17(3)21(18,19)16-13-11-12(2)7-8-14(13)20-4/h7-8,11,15-16H,5-6,9-10H2,1-4H3. The highest BCUT2D eigenvalue weighted by molar-refractivity contribution is 7.90. The number of methoxy groups -OCH3 is 1. The van der Waals surface area contributed by atoms with Gasteiger partial charge in [-0.3, -0.25) is 4.72 Å². The van der Waals surface area contributed by atoms with E-state index in [-0.39, 0.29) is 0 Å². The van der Waals surface area contributed by atoms with Gasteiger partial charge in [-0.25, -0.2) is 0 Å². The van der Waals surface area contributed by atoms with Crippen molar-refractivity contribution in [2.45, 2.75) is 20.3 Å². The Morgan fingerprint density at radius 1 is 1.33 bits per heavy atom. The average Bonchev–Trinajstić information content (AvgIpc) is 2.43. The lowest BCUT2D eigenvalue weighted by Crippen LogP contribution is -2.34. The van der Waals surface area contributed by atoms with Crippen LogP contribution in [0.25, 0.3) is 0 Å². The predicted octanol–water partition coefficient (Wildman–Crippen LogP) is 1.59. The molecule has 0 aliphatic heterocycles. The van der Waals surface area contributed by atoms with Crippen molar-refractivity contribution in [2.75, 3.05) is 38.5 Å². The van der Waals surface area contributed by atoms with Crippen molar-refractivity contribution < 1.29 is 13.2 Å². The Labute approximate surface area is 127 Å². The van der Waals surface area contributed by atoms with Crippen LogP contribution in [0.2, 0.25) is 0 Å². The maximum absolute atomic E-state index is 12.3. The van der Waals surface area contributed by atoms with Crippen LogP contribution >= 0.6 is 0 Å². The normalized spacial score (nSPS) is 11.7. The van der Waals surface area contributed by atoms with Gasteiger partial charge in [-0.1, -0.05) is 13.0 Å². The molecule has 1 aromatic carbocycles. The minimum Gasteiger partial charge on any atom is -0.495 e. The van der Waals surface area contributed by atoms with Gasteiger partial charge in [-0.15, -0.1) is 0 Å². The first kappa shape index (κ1) is 17.7. The van der Waals surface area contributed by atoms with E-state index in [2.05, 4.69) is 10.0 Å². The summed E-state index contributed by atoms with van der Waals surface area (Å²) in [4.78, 5) is 0. The first-order chi connectivity index (χ1) is 9.90. The van der Waals surface area contributed by atoms with Crippen LogP contribution in [0.15, 0.2) is 18.2 Å². The Hall–Kier alpha value is -1.31. The SMILES string of the molecule is CCNCCCN(C)S(=O)(=O)Nc1cc(C)ccc1OC. The number of benzene rings is 1. The number of anilines is 1. The van der Waals surface area contributed by atoms with Crippen LogP contribution in [-0.4, -0.2) is 46.5 Å². The van der Waals surface area contributed by atoms with E-state index in [1.165, 1.54) is 11.4 Å². The van der Waals surface area contributed by atoms with Crippen LogP contribution in [0.4, 0.5) is 5.69 Å². The van der Waals surface area contributed by atoms with Gasteiger partial charge in [0.25, 0.3) is 0 Å². The number of aryl methyl sites for hydroxylation is 1. The van der Waals surface area contributed by atoms with Crippen LogP contribution in [0.5, 0.6) is 5.75 Å². The average molecular weight is 315 g/mol. The van der Waals surface area contributed by atoms with E-state index in [0.29, 0.717) is 18.0 Å². The molecule has 1 aromatic rings. The number of nitrogens with one attached hydrogen (secondary N) is 2. The van der Waals surface area contributed by atoms with E-state index in [1.807, 2.05) is 19.9 Å². The van der Waals surface area contributed by atoms with Crippen molar-refractivity contribution in [3.05, 3.63) is 23.8 Å². The summed E-state index contributed by atoms with van der Waals surface area (Å²) in [5.74, 6) is 0.505. The molecule has 0 saturated heterocycles. The smallest absolute Gasteiger partial charge is 0.301 e. The number of hydrogen-bond acceptors (Lipinski definition) is 4. The first-order valence-corrected chi connectivity index (χ1v) is 8.44. The molecule has 0 fully saturated rings.